The molecular formula is C19H25N3O5S. The highest BCUT2D eigenvalue weighted by Gasteiger charge is 2.27. The minimum Gasteiger partial charge on any atom is -0.497 e. The molecule has 1 aromatic heterocycles. The summed E-state index contributed by atoms with van der Waals surface area (Å²) in [5.41, 5.74) is 0.712. The first-order valence-electron chi connectivity index (χ1n) is 9.24. The quantitative estimate of drug-likeness (QED) is 0.512. The van der Waals surface area contributed by atoms with Crippen LogP contribution in [0.3, 0.4) is 0 Å². The first-order chi connectivity index (χ1) is 13.5. The molecule has 0 aliphatic carbocycles. The third-order valence-corrected chi connectivity index (χ3v) is 4.96. The number of aromatic nitrogens is 2. The molecule has 1 saturated heterocycles. The molecule has 0 radical (unpaired) electrons. The van der Waals surface area contributed by atoms with Crippen LogP contribution in [0.15, 0.2) is 22.6 Å². The van der Waals surface area contributed by atoms with Crippen molar-refractivity contribution in [3.05, 3.63) is 23.0 Å². The first kappa shape index (κ1) is 20.3. The molecule has 1 fully saturated rings. The summed E-state index contributed by atoms with van der Waals surface area (Å²) in [6.07, 6.45) is 1.77. The number of benzene rings is 1. The largest absolute Gasteiger partial charge is 0.497 e. The number of nitrogens with zero attached hydrogens (tertiary/aromatic N) is 3. The van der Waals surface area contributed by atoms with E-state index in [1.165, 1.54) is 0 Å². The lowest BCUT2D eigenvalue weighted by molar-refractivity contribution is -0.150. The van der Waals surface area contributed by atoms with E-state index >= 15 is 0 Å². The number of hydrogen-bond acceptors (Lipinski definition) is 8. The molecule has 0 saturated carbocycles. The predicted molar refractivity (Wildman–Crippen MR) is 105 cm³/mol. The second-order valence-corrected chi connectivity index (χ2v) is 6.93. The molecule has 152 valence electrons. The molecule has 9 heteroatoms. The molecule has 2 aromatic rings. The molecule has 0 amide bonds. The molecule has 0 bridgehead atoms. The summed E-state index contributed by atoms with van der Waals surface area (Å²) < 4.78 is 23.1. The van der Waals surface area contributed by atoms with Gasteiger partial charge in [-0.05, 0) is 50.7 Å². The van der Waals surface area contributed by atoms with Crippen molar-refractivity contribution in [1.29, 1.82) is 0 Å². The molecular weight excluding hydrogens is 382 g/mol. The molecule has 2 heterocycles. The van der Waals surface area contributed by atoms with E-state index in [0.717, 1.165) is 19.4 Å². The number of carbonyl (C=O) groups excluding carboxylic acids is 1. The molecule has 28 heavy (non-hydrogen) atoms. The number of methoxy groups -OCH3 is 2. The van der Waals surface area contributed by atoms with Crippen LogP contribution < -0.4 is 9.47 Å². The summed E-state index contributed by atoms with van der Waals surface area (Å²) in [6.45, 7) is 4.17. The van der Waals surface area contributed by atoms with Crippen molar-refractivity contribution in [2.45, 2.75) is 26.4 Å². The van der Waals surface area contributed by atoms with Crippen molar-refractivity contribution < 1.29 is 23.4 Å². The van der Waals surface area contributed by atoms with Gasteiger partial charge in [0.1, 0.15) is 11.5 Å². The highest BCUT2D eigenvalue weighted by atomic mass is 32.1. The Labute approximate surface area is 169 Å². The molecule has 1 aliphatic rings. The maximum atomic E-state index is 12.0. The van der Waals surface area contributed by atoms with Crippen LogP contribution in [0.1, 0.15) is 19.8 Å². The zero-order chi connectivity index (χ0) is 20.1. The van der Waals surface area contributed by atoms with Crippen LogP contribution >= 0.6 is 12.2 Å². The highest BCUT2D eigenvalue weighted by Crippen LogP contribution is 2.29. The normalized spacial score (nSPS) is 17.3. The Morgan fingerprint density at radius 1 is 1.29 bits per heavy atom. The zero-order valence-corrected chi connectivity index (χ0v) is 17.2. The maximum absolute atomic E-state index is 12.0. The standard InChI is InChI=1S/C19H25N3O5S/c1-4-26-18(23)13-6-5-7-21(11-13)12-22-19(28)27-17(20-22)14-8-15(24-2)10-16(9-14)25-3/h8-10,13H,4-7,11-12H2,1-3H3/t13-/m1/s1. The molecule has 3 rings (SSSR count). The second-order valence-electron chi connectivity index (χ2n) is 6.58. The van der Waals surface area contributed by atoms with Gasteiger partial charge in [0.2, 0.25) is 5.89 Å². The SMILES string of the molecule is CCOC(=O)[C@@H]1CCCN(Cn2nc(-c3cc(OC)cc(OC)c3)oc2=S)C1. The first-order valence-corrected chi connectivity index (χ1v) is 9.65. The summed E-state index contributed by atoms with van der Waals surface area (Å²) in [6, 6.07) is 5.40. The van der Waals surface area contributed by atoms with Gasteiger partial charge in [-0.15, -0.1) is 5.10 Å². The van der Waals surface area contributed by atoms with E-state index in [1.807, 2.05) is 19.1 Å². The fraction of sp³-hybridized carbons (Fsp3) is 0.526. The number of hydrogen-bond donors (Lipinski definition) is 0. The summed E-state index contributed by atoms with van der Waals surface area (Å²) in [5.74, 6) is 1.41. The molecule has 8 nitrogen and oxygen atoms in total. The van der Waals surface area contributed by atoms with Gasteiger partial charge in [0.05, 0.1) is 33.4 Å². The Balaban J connectivity index is 1.76. The van der Waals surface area contributed by atoms with Crippen LogP contribution in [0.25, 0.3) is 11.5 Å². The van der Waals surface area contributed by atoms with Crippen LogP contribution in [0.2, 0.25) is 0 Å². The van der Waals surface area contributed by atoms with Gasteiger partial charge in [0, 0.05) is 18.2 Å². The van der Waals surface area contributed by atoms with E-state index in [2.05, 4.69) is 10.00 Å². The summed E-state index contributed by atoms with van der Waals surface area (Å²) >= 11 is 5.34. The molecule has 1 aliphatic heterocycles. The minimum atomic E-state index is -0.139. The van der Waals surface area contributed by atoms with Crippen molar-refractivity contribution in [3.8, 4) is 23.0 Å². The van der Waals surface area contributed by atoms with Crippen molar-refractivity contribution in [2.24, 2.45) is 5.92 Å². The van der Waals surface area contributed by atoms with Crippen LogP contribution in [0, 0.1) is 10.8 Å². The van der Waals surface area contributed by atoms with Gasteiger partial charge < -0.3 is 18.6 Å². The maximum Gasteiger partial charge on any atom is 0.310 e. The van der Waals surface area contributed by atoms with Crippen molar-refractivity contribution in [1.82, 2.24) is 14.7 Å². The lowest BCUT2D eigenvalue weighted by Crippen LogP contribution is -2.40. The van der Waals surface area contributed by atoms with E-state index in [1.54, 1.807) is 25.0 Å². The number of likely N-dealkylation sites (tertiary alicyclic amines) is 1. The van der Waals surface area contributed by atoms with Gasteiger partial charge >= 0.3 is 5.97 Å². The lowest BCUT2D eigenvalue weighted by atomic mass is 9.99. The molecule has 1 atom stereocenters. The number of carbonyl (C=O) groups is 1. The predicted octanol–water partition coefficient (Wildman–Crippen LogP) is 3.12. The molecule has 0 N–H and O–H groups in total. The average Bonchev–Trinajstić information content (AvgIpc) is 3.08. The van der Waals surface area contributed by atoms with Gasteiger partial charge in [-0.25, -0.2) is 4.68 Å². The van der Waals surface area contributed by atoms with Gasteiger partial charge in [-0.2, -0.15) is 0 Å². The average molecular weight is 407 g/mol. The van der Waals surface area contributed by atoms with Crippen LogP contribution in [-0.2, 0) is 16.2 Å². The van der Waals surface area contributed by atoms with Gasteiger partial charge in [0.15, 0.2) is 0 Å². The smallest absolute Gasteiger partial charge is 0.310 e. The van der Waals surface area contributed by atoms with Gasteiger partial charge in [-0.3, -0.25) is 9.69 Å². The Kier molecular flexibility index (Phi) is 6.69. The number of ether oxygens (including phenoxy) is 3. The van der Waals surface area contributed by atoms with E-state index in [-0.39, 0.29) is 16.7 Å². The van der Waals surface area contributed by atoms with E-state index in [0.29, 0.717) is 42.8 Å². The lowest BCUT2D eigenvalue weighted by Gasteiger charge is -2.30. The second kappa shape index (κ2) is 9.20. The minimum absolute atomic E-state index is 0.114. The van der Waals surface area contributed by atoms with Crippen molar-refractivity contribution >= 4 is 18.2 Å². The zero-order valence-electron chi connectivity index (χ0n) is 16.3. The number of rotatable bonds is 7. The fourth-order valence-corrected chi connectivity index (χ4v) is 3.45. The van der Waals surface area contributed by atoms with E-state index in [4.69, 9.17) is 30.8 Å². The Morgan fingerprint density at radius 3 is 2.64 bits per heavy atom. The van der Waals surface area contributed by atoms with Crippen LogP contribution in [-0.4, -0.2) is 54.6 Å². The Bertz CT molecular complexity index is 856. The van der Waals surface area contributed by atoms with Crippen molar-refractivity contribution in [3.63, 3.8) is 0 Å². The van der Waals surface area contributed by atoms with Crippen LogP contribution in [0.4, 0.5) is 0 Å². The Morgan fingerprint density at radius 2 is 2.00 bits per heavy atom. The summed E-state index contributed by atoms with van der Waals surface area (Å²) in [7, 11) is 3.17. The van der Waals surface area contributed by atoms with E-state index in [9.17, 15) is 4.79 Å². The van der Waals surface area contributed by atoms with E-state index < -0.39 is 0 Å². The topological polar surface area (TPSA) is 79.0 Å². The summed E-state index contributed by atoms with van der Waals surface area (Å²) in [5, 5.41) is 4.51. The Hall–Kier alpha value is -2.39. The third-order valence-electron chi connectivity index (χ3n) is 4.66. The monoisotopic (exact) mass is 407 g/mol. The molecule has 0 unspecified atom stereocenters. The summed E-state index contributed by atoms with van der Waals surface area (Å²) in [4.78, 5) is 14.5. The number of esters is 1. The van der Waals surface area contributed by atoms with Gasteiger partial charge in [-0.1, -0.05) is 0 Å². The fourth-order valence-electron chi connectivity index (χ4n) is 3.27. The highest BCUT2D eigenvalue weighted by molar-refractivity contribution is 7.71. The molecule has 1 aromatic carbocycles. The third kappa shape index (κ3) is 4.71. The number of piperidine rings is 1. The van der Waals surface area contributed by atoms with Gasteiger partial charge in [0.25, 0.3) is 4.84 Å². The van der Waals surface area contributed by atoms with Crippen molar-refractivity contribution in [2.75, 3.05) is 33.9 Å². The van der Waals surface area contributed by atoms with Crippen LogP contribution in [0.5, 0.6) is 11.5 Å². The molecule has 0 spiro atoms.